The highest BCUT2D eigenvalue weighted by molar-refractivity contribution is 7.15. The van der Waals surface area contributed by atoms with Gasteiger partial charge in [-0.05, 0) is 44.4 Å². The number of rotatable bonds is 9. The zero-order chi connectivity index (χ0) is 24.1. The summed E-state index contributed by atoms with van der Waals surface area (Å²) in [6.07, 6.45) is 8.55. The Balaban J connectivity index is 1.39. The molecule has 1 fully saturated rings. The van der Waals surface area contributed by atoms with Crippen molar-refractivity contribution in [3.63, 3.8) is 0 Å². The van der Waals surface area contributed by atoms with Crippen LogP contribution >= 0.6 is 34.3 Å². The second-order valence-corrected chi connectivity index (χ2v) is 11.4. The van der Waals surface area contributed by atoms with Gasteiger partial charge in [0, 0.05) is 28.7 Å². The van der Waals surface area contributed by atoms with Gasteiger partial charge in [-0.1, -0.05) is 37.3 Å². The highest BCUT2D eigenvalue weighted by Crippen LogP contribution is 2.29. The number of hydrogen-bond acceptors (Lipinski definition) is 7. The molecule has 1 atom stereocenters. The molecule has 180 valence electrons. The Morgan fingerprint density at radius 1 is 1.15 bits per heavy atom. The number of pyridine rings is 1. The first kappa shape index (κ1) is 24.6. The molecule has 3 heterocycles. The van der Waals surface area contributed by atoms with Crippen molar-refractivity contribution >= 4 is 56.9 Å². The minimum absolute atomic E-state index is 0.211. The highest BCUT2D eigenvalue weighted by atomic mass is 35.5. The third-order valence-electron chi connectivity index (χ3n) is 5.91. The van der Waals surface area contributed by atoms with E-state index in [0.717, 1.165) is 34.0 Å². The first-order chi connectivity index (χ1) is 16.4. The Hall–Kier alpha value is -2.49. The summed E-state index contributed by atoms with van der Waals surface area (Å²) >= 11 is 8.87. The van der Waals surface area contributed by atoms with E-state index in [1.54, 1.807) is 18.5 Å². The van der Waals surface area contributed by atoms with Crippen molar-refractivity contribution in [3.05, 3.63) is 55.9 Å². The molecule has 1 aliphatic carbocycles. The van der Waals surface area contributed by atoms with Gasteiger partial charge in [0.05, 0.1) is 21.3 Å². The molecule has 3 aromatic rings. The average molecular weight is 518 g/mol. The number of anilines is 2. The van der Waals surface area contributed by atoms with E-state index in [1.807, 2.05) is 26.0 Å². The molecule has 34 heavy (non-hydrogen) atoms. The Kier molecular flexibility index (Phi) is 8.18. The number of nitrogens with zero attached hydrogens (tertiary/aromatic N) is 2. The van der Waals surface area contributed by atoms with E-state index in [0.29, 0.717) is 33.9 Å². The molecular weight excluding hydrogens is 490 g/mol. The molecular formula is C24H28ClN5O2S2. The Labute approximate surface area is 212 Å². The zero-order valence-corrected chi connectivity index (χ0v) is 21.6. The third kappa shape index (κ3) is 6.55. The summed E-state index contributed by atoms with van der Waals surface area (Å²) in [5, 5.41) is 10.3. The second kappa shape index (κ2) is 11.3. The van der Waals surface area contributed by atoms with E-state index in [-0.39, 0.29) is 11.8 Å². The largest absolute Gasteiger partial charge is 0.379 e. The number of carbonyl (C=O) groups is 2. The monoisotopic (exact) mass is 517 g/mol. The summed E-state index contributed by atoms with van der Waals surface area (Å²) in [6, 6.07) is 4.96. The Morgan fingerprint density at radius 3 is 2.68 bits per heavy atom. The van der Waals surface area contributed by atoms with Gasteiger partial charge < -0.3 is 16.0 Å². The third-order valence-corrected chi connectivity index (χ3v) is 8.03. The van der Waals surface area contributed by atoms with Crippen LogP contribution in [0.2, 0.25) is 5.02 Å². The van der Waals surface area contributed by atoms with Gasteiger partial charge in [0.2, 0.25) is 5.91 Å². The first-order valence-electron chi connectivity index (χ1n) is 11.4. The summed E-state index contributed by atoms with van der Waals surface area (Å²) in [5.74, 6) is 0.00835. The lowest BCUT2D eigenvalue weighted by atomic mass is 9.97. The van der Waals surface area contributed by atoms with Gasteiger partial charge >= 0.3 is 0 Å². The number of thiazole rings is 1. The molecule has 1 unspecified atom stereocenters. The molecule has 0 spiro atoms. The smallest absolute Gasteiger partial charge is 0.262 e. The lowest BCUT2D eigenvalue weighted by Gasteiger charge is -2.20. The standard InChI is InChI=1S/C24H28ClN5O2S2/c1-14-11-28-24(33-14)30-22(31)20(9-16-5-3-4-6-16)29-23(32)21-8-7-18(34-21)13-27-19-10-17(25)12-26-15(19)2/h7-8,10-12,16,20,27H,3-6,9,13H2,1-2H3,(H,29,32)(H,28,30,31). The van der Waals surface area contributed by atoms with E-state index in [4.69, 9.17) is 11.6 Å². The first-order valence-corrected chi connectivity index (χ1v) is 13.4. The molecule has 3 aromatic heterocycles. The summed E-state index contributed by atoms with van der Waals surface area (Å²) in [7, 11) is 0. The number of thiophene rings is 1. The molecule has 0 aliphatic heterocycles. The number of aromatic nitrogens is 2. The topological polar surface area (TPSA) is 96.0 Å². The van der Waals surface area contributed by atoms with E-state index in [9.17, 15) is 9.59 Å². The number of hydrogen-bond donors (Lipinski definition) is 3. The molecule has 1 saturated carbocycles. The van der Waals surface area contributed by atoms with Crippen LogP contribution in [0.15, 0.2) is 30.6 Å². The van der Waals surface area contributed by atoms with Crippen LogP contribution in [-0.2, 0) is 11.3 Å². The highest BCUT2D eigenvalue weighted by Gasteiger charge is 2.28. The fourth-order valence-electron chi connectivity index (χ4n) is 4.11. The van der Waals surface area contributed by atoms with E-state index in [1.165, 1.54) is 35.5 Å². The van der Waals surface area contributed by atoms with Crippen LogP contribution in [0.3, 0.4) is 0 Å². The number of amides is 2. The van der Waals surface area contributed by atoms with Gasteiger partial charge in [0.15, 0.2) is 5.13 Å². The predicted octanol–water partition coefficient (Wildman–Crippen LogP) is 5.80. The average Bonchev–Trinajstić information content (AvgIpc) is 3.56. The maximum atomic E-state index is 13.0. The van der Waals surface area contributed by atoms with Crippen molar-refractivity contribution in [3.8, 4) is 0 Å². The molecule has 0 radical (unpaired) electrons. The molecule has 0 bridgehead atoms. The fourth-order valence-corrected chi connectivity index (χ4v) is 5.79. The van der Waals surface area contributed by atoms with Crippen LogP contribution in [0, 0.1) is 19.8 Å². The number of carbonyl (C=O) groups excluding carboxylic acids is 2. The Bertz CT molecular complexity index is 1160. The predicted molar refractivity (Wildman–Crippen MR) is 139 cm³/mol. The molecule has 1 aliphatic rings. The normalized spacial score (nSPS) is 14.7. The van der Waals surface area contributed by atoms with Gasteiger partial charge in [-0.2, -0.15) is 0 Å². The van der Waals surface area contributed by atoms with Gasteiger partial charge in [-0.15, -0.1) is 22.7 Å². The number of nitrogens with one attached hydrogen (secondary N) is 3. The van der Waals surface area contributed by atoms with Gasteiger partial charge in [-0.25, -0.2) is 4.98 Å². The van der Waals surface area contributed by atoms with Gasteiger partial charge in [0.25, 0.3) is 5.91 Å². The maximum absolute atomic E-state index is 13.0. The molecule has 2 amide bonds. The van der Waals surface area contributed by atoms with Crippen molar-refractivity contribution in [1.82, 2.24) is 15.3 Å². The molecule has 0 aromatic carbocycles. The van der Waals surface area contributed by atoms with Crippen molar-refractivity contribution in [2.75, 3.05) is 10.6 Å². The Morgan fingerprint density at radius 2 is 1.94 bits per heavy atom. The van der Waals surface area contributed by atoms with Crippen molar-refractivity contribution in [2.24, 2.45) is 5.92 Å². The van der Waals surface area contributed by atoms with Gasteiger partial charge in [-0.3, -0.25) is 14.6 Å². The molecule has 3 N–H and O–H groups in total. The van der Waals surface area contributed by atoms with Crippen LogP contribution < -0.4 is 16.0 Å². The minimum atomic E-state index is -0.594. The fraction of sp³-hybridized carbons (Fsp3) is 0.417. The van der Waals surface area contributed by atoms with E-state index >= 15 is 0 Å². The summed E-state index contributed by atoms with van der Waals surface area (Å²) in [5.41, 5.74) is 1.72. The van der Waals surface area contributed by atoms with Gasteiger partial charge in [0.1, 0.15) is 6.04 Å². The van der Waals surface area contributed by atoms with Crippen molar-refractivity contribution in [2.45, 2.75) is 58.5 Å². The summed E-state index contributed by atoms with van der Waals surface area (Å²) in [6.45, 7) is 4.41. The maximum Gasteiger partial charge on any atom is 0.262 e. The summed E-state index contributed by atoms with van der Waals surface area (Å²) in [4.78, 5) is 37.1. The lowest BCUT2D eigenvalue weighted by Crippen LogP contribution is -2.44. The SMILES string of the molecule is Cc1cnc(NC(=O)C(CC2CCCC2)NC(=O)c2ccc(CNc3cc(Cl)cnc3C)s2)s1. The van der Waals surface area contributed by atoms with E-state index < -0.39 is 6.04 Å². The van der Waals surface area contributed by atoms with Crippen LogP contribution in [0.1, 0.15) is 57.2 Å². The second-order valence-electron chi connectivity index (χ2n) is 8.58. The minimum Gasteiger partial charge on any atom is -0.379 e. The van der Waals surface area contributed by atoms with Crippen LogP contribution in [0.4, 0.5) is 10.8 Å². The van der Waals surface area contributed by atoms with E-state index in [2.05, 4.69) is 25.9 Å². The summed E-state index contributed by atoms with van der Waals surface area (Å²) < 4.78 is 0. The lowest BCUT2D eigenvalue weighted by molar-refractivity contribution is -0.118. The molecule has 4 rings (SSSR count). The number of aryl methyl sites for hydroxylation is 2. The molecule has 0 saturated heterocycles. The van der Waals surface area contributed by atoms with Crippen LogP contribution in [0.25, 0.3) is 0 Å². The van der Waals surface area contributed by atoms with Crippen LogP contribution in [-0.4, -0.2) is 27.8 Å². The quantitative estimate of drug-likeness (QED) is 0.333. The van der Waals surface area contributed by atoms with Crippen LogP contribution in [0.5, 0.6) is 0 Å². The van der Waals surface area contributed by atoms with Crippen molar-refractivity contribution in [1.29, 1.82) is 0 Å². The molecule has 10 heteroatoms. The number of halogens is 1. The zero-order valence-electron chi connectivity index (χ0n) is 19.2. The molecule has 7 nitrogen and oxygen atoms in total. The van der Waals surface area contributed by atoms with Crippen molar-refractivity contribution < 1.29 is 9.59 Å².